The second kappa shape index (κ2) is 6.23. The highest BCUT2D eigenvalue weighted by Crippen LogP contribution is 2.22. The summed E-state index contributed by atoms with van der Waals surface area (Å²) in [7, 11) is 0. The van der Waals surface area contributed by atoms with Gasteiger partial charge < -0.3 is 20.1 Å². The Balaban J connectivity index is 2.01. The quantitative estimate of drug-likeness (QED) is 0.888. The molecule has 2 amide bonds. The number of carboxylic acids is 1. The summed E-state index contributed by atoms with van der Waals surface area (Å²) < 4.78 is 5.12. The lowest BCUT2D eigenvalue weighted by Crippen LogP contribution is -2.55. The maximum absolute atomic E-state index is 12.2. The van der Waals surface area contributed by atoms with Crippen molar-refractivity contribution in [3.05, 3.63) is 21.9 Å². The average Bonchev–Trinajstić information content (AvgIpc) is 2.85. The van der Waals surface area contributed by atoms with E-state index in [2.05, 4.69) is 5.32 Å². The molecule has 1 aromatic rings. The predicted octanol–water partition coefficient (Wildman–Crippen LogP) is 1.61. The van der Waals surface area contributed by atoms with Crippen LogP contribution in [0.1, 0.15) is 22.7 Å². The van der Waals surface area contributed by atoms with Crippen molar-refractivity contribution >= 4 is 23.3 Å². The Morgan fingerprint density at radius 1 is 1.55 bits per heavy atom. The Morgan fingerprint density at radius 2 is 2.30 bits per heavy atom. The van der Waals surface area contributed by atoms with E-state index in [-0.39, 0.29) is 18.7 Å². The topological polar surface area (TPSA) is 78.9 Å². The van der Waals surface area contributed by atoms with Crippen molar-refractivity contribution in [3.8, 4) is 0 Å². The zero-order valence-corrected chi connectivity index (χ0v) is 12.3. The van der Waals surface area contributed by atoms with Crippen LogP contribution >= 0.6 is 11.3 Å². The largest absolute Gasteiger partial charge is 0.480 e. The van der Waals surface area contributed by atoms with E-state index in [1.54, 1.807) is 11.3 Å². The third-order valence-corrected chi connectivity index (χ3v) is 4.39. The Labute approximate surface area is 121 Å². The molecule has 0 aromatic carbocycles. The van der Waals surface area contributed by atoms with Gasteiger partial charge in [0.2, 0.25) is 0 Å². The number of carboxylic acid groups (broad SMARTS) is 1. The average molecular weight is 298 g/mol. The fraction of sp³-hybridized carbons (Fsp3) is 0.538. The lowest BCUT2D eigenvalue weighted by atomic mass is 10.2. The number of nitrogens with zero attached hydrogens (tertiary/aromatic N) is 1. The molecule has 1 aromatic heterocycles. The zero-order valence-electron chi connectivity index (χ0n) is 11.5. The summed E-state index contributed by atoms with van der Waals surface area (Å²) in [6.45, 7) is 4.59. The molecule has 6 nitrogen and oxygen atoms in total. The number of urea groups is 1. The van der Waals surface area contributed by atoms with Gasteiger partial charge in [-0.1, -0.05) is 0 Å². The van der Waals surface area contributed by atoms with Crippen LogP contribution in [0.15, 0.2) is 12.1 Å². The number of carbonyl (C=O) groups excluding carboxylic acids is 1. The second-order valence-electron chi connectivity index (χ2n) is 4.74. The first-order chi connectivity index (χ1) is 9.49. The van der Waals surface area contributed by atoms with Crippen LogP contribution in [0.2, 0.25) is 0 Å². The number of thiophene rings is 1. The van der Waals surface area contributed by atoms with E-state index in [0.717, 1.165) is 4.88 Å². The maximum Gasteiger partial charge on any atom is 0.328 e. The van der Waals surface area contributed by atoms with Gasteiger partial charge in [-0.2, -0.15) is 0 Å². The number of morpholine rings is 1. The fourth-order valence-corrected chi connectivity index (χ4v) is 2.96. The minimum atomic E-state index is -1.04. The molecule has 7 heteroatoms. The maximum atomic E-state index is 12.2. The summed E-state index contributed by atoms with van der Waals surface area (Å²) in [5, 5.41) is 12.0. The molecule has 0 spiro atoms. The molecule has 2 N–H and O–H groups in total. The van der Waals surface area contributed by atoms with Crippen LogP contribution < -0.4 is 5.32 Å². The first-order valence-electron chi connectivity index (χ1n) is 6.43. The van der Waals surface area contributed by atoms with Gasteiger partial charge in [-0.25, -0.2) is 9.59 Å². The van der Waals surface area contributed by atoms with Gasteiger partial charge in [-0.3, -0.25) is 0 Å². The first kappa shape index (κ1) is 14.8. The van der Waals surface area contributed by atoms with Crippen LogP contribution in [0.4, 0.5) is 4.79 Å². The number of hydrogen-bond acceptors (Lipinski definition) is 4. The van der Waals surface area contributed by atoms with Gasteiger partial charge in [-0.15, -0.1) is 11.3 Å². The number of rotatable bonds is 3. The van der Waals surface area contributed by atoms with Crippen molar-refractivity contribution in [1.82, 2.24) is 10.2 Å². The van der Waals surface area contributed by atoms with Crippen LogP contribution in [-0.2, 0) is 9.53 Å². The number of aryl methyl sites for hydroxylation is 1. The molecule has 0 saturated carbocycles. The Kier molecular flexibility index (Phi) is 4.61. The van der Waals surface area contributed by atoms with Crippen LogP contribution in [0.25, 0.3) is 0 Å². The van der Waals surface area contributed by atoms with Gasteiger partial charge in [0.05, 0.1) is 19.3 Å². The number of aliphatic carboxylic acids is 1. The standard InChI is InChI=1S/C13H18N2O4S/c1-8-3-4-11(20-8)9(2)14-13(18)15-5-6-19-7-10(15)12(16)17/h3-4,9-10H,5-7H2,1-2H3,(H,14,18)(H,16,17). The zero-order chi connectivity index (χ0) is 14.7. The van der Waals surface area contributed by atoms with Crippen LogP contribution in [0.3, 0.4) is 0 Å². The summed E-state index contributed by atoms with van der Waals surface area (Å²) in [5.74, 6) is -1.04. The number of ether oxygens (including phenoxy) is 1. The highest BCUT2D eigenvalue weighted by atomic mass is 32.1. The Hall–Kier alpha value is -1.60. The van der Waals surface area contributed by atoms with Gasteiger partial charge in [0.25, 0.3) is 0 Å². The summed E-state index contributed by atoms with van der Waals surface area (Å²) in [6, 6.07) is 2.55. The van der Waals surface area contributed by atoms with Crippen molar-refractivity contribution < 1.29 is 19.4 Å². The highest BCUT2D eigenvalue weighted by molar-refractivity contribution is 7.12. The molecular formula is C13H18N2O4S. The smallest absolute Gasteiger partial charge is 0.328 e. The van der Waals surface area contributed by atoms with Gasteiger partial charge in [0.15, 0.2) is 6.04 Å². The molecule has 2 heterocycles. The first-order valence-corrected chi connectivity index (χ1v) is 7.24. The molecule has 0 radical (unpaired) electrons. The molecule has 2 rings (SSSR count). The lowest BCUT2D eigenvalue weighted by molar-refractivity contribution is -0.147. The van der Waals surface area contributed by atoms with E-state index in [4.69, 9.17) is 9.84 Å². The highest BCUT2D eigenvalue weighted by Gasteiger charge is 2.33. The molecule has 1 saturated heterocycles. The molecule has 110 valence electrons. The lowest BCUT2D eigenvalue weighted by Gasteiger charge is -2.33. The van der Waals surface area contributed by atoms with Crippen molar-refractivity contribution in [1.29, 1.82) is 0 Å². The molecule has 2 atom stereocenters. The van der Waals surface area contributed by atoms with Gasteiger partial charge in [0.1, 0.15) is 0 Å². The Bertz CT molecular complexity index is 502. The van der Waals surface area contributed by atoms with Gasteiger partial charge >= 0.3 is 12.0 Å². The van der Waals surface area contributed by atoms with E-state index in [1.807, 2.05) is 26.0 Å². The third-order valence-electron chi connectivity index (χ3n) is 3.20. The summed E-state index contributed by atoms with van der Waals surface area (Å²) in [6.07, 6.45) is 0. The van der Waals surface area contributed by atoms with E-state index < -0.39 is 12.0 Å². The summed E-state index contributed by atoms with van der Waals surface area (Å²) in [4.78, 5) is 26.9. The second-order valence-corrected chi connectivity index (χ2v) is 6.06. The van der Waals surface area contributed by atoms with Gasteiger partial charge in [0, 0.05) is 16.3 Å². The molecule has 2 unspecified atom stereocenters. The normalized spacial score (nSPS) is 20.5. The van der Waals surface area contributed by atoms with Crippen LogP contribution in [0.5, 0.6) is 0 Å². The van der Waals surface area contributed by atoms with E-state index in [1.165, 1.54) is 9.78 Å². The molecule has 1 aliphatic rings. The molecule has 1 aliphatic heterocycles. The molecule has 1 fully saturated rings. The van der Waals surface area contributed by atoms with Crippen molar-refractivity contribution in [2.75, 3.05) is 19.8 Å². The monoisotopic (exact) mass is 298 g/mol. The number of nitrogens with one attached hydrogen (secondary N) is 1. The predicted molar refractivity (Wildman–Crippen MR) is 75.0 cm³/mol. The van der Waals surface area contributed by atoms with Crippen LogP contribution in [-0.4, -0.2) is 47.8 Å². The van der Waals surface area contributed by atoms with Crippen LogP contribution in [0, 0.1) is 6.92 Å². The van der Waals surface area contributed by atoms with Gasteiger partial charge in [-0.05, 0) is 26.0 Å². The number of carbonyl (C=O) groups is 2. The summed E-state index contributed by atoms with van der Waals surface area (Å²) in [5.41, 5.74) is 0. The Morgan fingerprint density at radius 3 is 2.90 bits per heavy atom. The van der Waals surface area contributed by atoms with Crippen molar-refractivity contribution in [3.63, 3.8) is 0 Å². The van der Waals surface area contributed by atoms with E-state index >= 15 is 0 Å². The number of amides is 2. The molecule has 0 aliphatic carbocycles. The summed E-state index contributed by atoms with van der Waals surface area (Å²) >= 11 is 1.62. The molecule has 20 heavy (non-hydrogen) atoms. The minimum absolute atomic E-state index is 0.0369. The SMILES string of the molecule is Cc1ccc(C(C)NC(=O)N2CCOCC2C(=O)O)s1. The van der Waals surface area contributed by atoms with Crippen molar-refractivity contribution in [2.24, 2.45) is 0 Å². The minimum Gasteiger partial charge on any atom is -0.480 e. The van der Waals surface area contributed by atoms with E-state index in [0.29, 0.717) is 13.2 Å². The fourth-order valence-electron chi connectivity index (χ4n) is 2.08. The third kappa shape index (κ3) is 3.29. The molecular weight excluding hydrogens is 280 g/mol. The number of hydrogen-bond donors (Lipinski definition) is 2. The van der Waals surface area contributed by atoms with E-state index in [9.17, 15) is 9.59 Å². The van der Waals surface area contributed by atoms with Crippen molar-refractivity contribution in [2.45, 2.75) is 25.9 Å². The molecule has 0 bridgehead atoms.